The summed E-state index contributed by atoms with van der Waals surface area (Å²) in [4.78, 5) is 12.6. The molecule has 0 heterocycles. The molecule has 0 unspecified atom stereocenters. The van der Waals surface area contributed by atoms with Crippen molar-refractivity contribution in [1.29, 1.82) is 5.41 Å². The number of hydrogen-bond acceptors (Lipinski definition) is 3. The summed E-state index contributed by atoms with van der Waals surface area (Å²) in [5.41, 5.74) is 7.71. The van der Waals surface area contributed by atoms with Crippen molar-refractivity contribution in [2.45, 2.75) is 6.92 Å². The molecule has 5 N–H and O–H groups in total. The Kier molecular flexibility index (Phi) is 3.92. The number of anilines is 1. The van der Waals surface area contributed by atoms with Gasteiger partial charge in [0.1, 0.15) is 11.6 Å². The van der Waals surface area contributed by atoms with Gasteiger partial charge < -0.3 is 16.2 Å². The molecule has 3 aromatic carbocycles. The van der Waals surface area contributed by atoms with Crippen LogP contribution in [0.25, 0.3) is 10.8 Å². The minimum Gasteiger partial charge on any atom is -0.508 e. The highest BCUT2D eigenvalue weighted by molar-refractivity contribution is 6.11. The Balaban J connectivity index is 2.03. The Hall–Kier alpha value is -3.34. The number of fused-ring (bicyclic) bond motifs is 1. The number of rotatable bonds is 3. The van der Waals surface area contributed by atoms with E-state index in [9.17, 15) is 9.90 Å². The fraction of sp³-hybridized carbons (Fsp3) is 0.0526. The number of phenols is 1. The van der Waals surface area contributed by atoms with Gasteiger partial charge in [-0.25, -0.2) is 0 Å². The van der Waals surface area contributed by atoms with Crippen molar-refractivity contribution in [3.63, 3.8) is 0 Å². The molecule has 0 aliphatic carbocycles. The summed E-state index contributed by atoms with van der Waals surface area (Å²) in [6.45, 7) is 1.70. The summed E-state index contributed by atoms with van der Waals surface area (Å²) in [6, 6.07) is 15.8. The molecule has 5 nitrogen and oxygen atoms in total. The zero-order valence-electron chi connectivity index (χ0n) is 13.1. The Morgan fingerprint density at radius 1 is 1.12 bits per heavy atom. The summed E-state index contributed by atoms with van der Waals surface area (Å²) >= 11 is 0. The van der Waals surface area contributed by atoms with Gasteiger partial charge in [0.15, 0.2) is 0 Å². The van der Waals surface area contributed by atoms with Crippen LogP contribution in [-0.4, -0.2) is 16.8 Å². The van der Waals surface area contributed by atoms with Gasteiger partial charge in [0.25, 0.3) is 5.91 Å². The summed E-state index contributed by atoms with van der Waals surface area (Å²) < 4.78 is 0. The van der Waals surface area contributed by atoms with Crippen molar-refractivity contribution >= 4 is 28.2 Å². The van der Waals surface area contributed by atoms with Crippen molar-refractivity contribution < 1.29 is 9.90 Å². The molecule has 0 fully saturated rings. The van der Waals surface area contributed by atoms with Crippen LogP contribution in [0.2, 0.25) is 0 Å². The Bertz CT molecular complexity index is 964. The Labute approximate surface area is 139 Å². The van der Waals surface area contributed by atoms with Crippen LogP contribution in [0.1, 0.15) is 21.5 Å². The van der Waals surface area contributed by atoms with Crippen LogP contribution in [0.4, 0.5) is 5.69 Å². The zero-order valence-corrected chi connectivity index (χ0v) is 13.1. The lowest BCUT2D eigenvalue weighted by molar-refractivity contribution is 0.102. The first kappa shape index (κ1) is 15.6. The highest BCUT2D eigenvalue weighted by atomic mass is 16.3. The Morgan fingerprint density at radius 3 is 2.62 bits per heavy atom. The monoisotopic (exact) mass is 319 g/mol. The van der Waals surface area contributed by atoms with Crippen LogP contribution in [0.3, 0.4) is 0 Å². The number of carbonyl (C=O) groups is 1. The maximum atomic E-state index is 12.6. The van der Waals surface area contributed by atoms with Crippen LogP contribution in [-0.2, 0) is 0 Å². The molecule has 0 saturated carbocycles. The molecule has 3 rings (SSSR count). The lowest BCUT2D eigenvalue weighted by atomic mass is 10.0. The predicted molar refractivity (Wildman–Crippen MR) is 95.8 cm³/mol. The third kappa shape index (κ3) is 2.79. The van der Waals surface area contributed by atoms with E-state index in [0.29, 0.717) is 22.4 Å². The fourth-order valence-corrected chi connectivity index (χ4v) is 2.61. The number of benzene rings is 3. The van der Waals surface area contributed by atoms with E-state index in [1.807, 2.05) is 18.2 Å². The molecule has 0 aliphatic rings. The number of nitrogens with two attached hydrogens (primary N) is 1. The third-order valence-corrected chi connectivity index (χ3v) is 3.99. The number of phenolic OH excluding ortho intramolecular Hbond substituents is 1. The molecule has 1 amide bonds. The predicted octanol–water partition coefficient (Wildman–Crippen LogP) is 3.39. The van der Waals surface area contributed by atoms with Crippen LogP contribution >= 0.6 is 0 Å². The van der Waals surface area contributed by atoms with Gasteiger partial charge in [-0.05, 0) is 36.6 Å². The molecule has 0 saturated heterocycles. The molecule has 0 radical (unpaired) electrons. The molecule has 0 atom stereocenters. The van der Waals surface area contributed by atoms with E-state index in [0.717, 1.165) is 10.8 Å². The molecule has 0 aromatic heterocycles. The topological polar surface area (TPSA) is 99.2 Å². The second-order valence-electron chi connectivity index (χ2n) is 5.56. The fourth-order valence-electron chi connectivity index (χ4n) is 2.61. The lowest BCUT2D eigenvalue weighted by Gasteiger charge is -2.12. The quantitative estimate of drug-likeness (QED) is 0.440. The number of hydrogen-bond donors (Lipinski definition) is 4. The SMILES string of the molecule is Cc1c(O)cccc1C(=O)Nc1cccc2ccc(C(=N)N)cc12. The largest absolute Gasteiger partial charge is 0.508 e. The average Bonchev–Trinajstić information content (AvgIpc) is 2.57. The average molecular weight is 319 g/mol. The molecule has 3 aromatic rings. The summed E-state index contributed by atoms with van der Waals surface area (Å²) in [6.07, 6.45) is 0. The minimum absolute atomic E-state index is 0.0261. The number of amidine groups is 1. The summed E-state index contributed by atoms with van der Waals surface area (Å²) in [5.74, 6) is -0.245. The van der Waals surface area contributed by atoms with Gasteiger partial charge in [-0.3, -0.25) is 10.2 Å². The molecular weight excluding hydrogens is 302 g/mol. The van der Waals surface area contributed by atoms with Crippen LogP contribution in [0.15, 0.2) is 54.6 Å². The van der Waals surface area contributed by atoms with E-state index in [1.54, 1.807) is 43.3 Å². The van der Waals surface area contributed by atoms with Gasteiger partial charge >= 0.3 is 0 Å². The first-order chi connectivity index (χ1) is 11.5. The smallest absolute Gasteiger partial charge is 0.256 e. The molecule has 120 valence electrons. The van der Waals surface area contributed by atoms with Gasteiger partial charge in [-0.2, -0.15) is 0 Å². The molecule has 24 heavy (non-hydrogen) atoms. The first-order valence-electron chi connectivity index (χ1n) is 7.44. The van der Waals surface area contributed by atoms with Crippen LogP contribution < -0.4 is 11.1 Å². The van der Waals surface area contributed by atoms with Gasteiger partial charge in [0, 0.05) is 27.8 Å². The highest BCUT2D eigenvalue weighted by Gasteiger charge is 2.13. The Morgan fingerprint density at radius 2 is 1.88 bits per heavy atom. The van der Waals surface area contributed by atoms with Crippen molar-refractivity contribution in [1.82, 2.24) is 0 Å². The van der Waals surface area contributed by atoms with Gasteiger partial charge in [0.2, 0.25) is 0 Å². The molecule has 5 heteroatoms. The number of nitrogens with one attached hydrogen (secondary N) is 2. The number of aromatic hydroxyl groups is 1. The molecule has 0 spiro atoms. The maximum absolute atomic E-state index is 12.6. The van der Waals surface area contributed by atoms with E-state index in [4.69, 9.17) is 11.1 Å². The number of carbonyl (C=O) groups excluding carboxylic acids is 1. The van der Waals surface area contributed by atoms with E-state index in [1.165, 1.54) is 0 Å². The van der Waals surface area contributed by atoms with E-state index in [-0.39, 0.29) is 17.5 Å². The molecular formula is C19H17N3O2. The van der Waals surface area contributed by atoms with Crippen molar-refractivity contribution in [3.05, 3.63) is 71.3 Å². The maximum Gasteiger partial charge on any atom is 0.256 e. The van der Waals surface area contributed by atoms with Gasteiger partial charge in [-0.15, -0.1) is 0 Å². The molecule has 0 aliphatic heterocycles. The number of nitrogen functional groups attached to an aromatic ring is 1. The third-order valence-electron chi connectivity index (χ3n) is 3.99. The summed E-state index contributed by atoms with van der Waals surface area (Å²) in [5, 5.41) is 22.0. The summed E-state index contributed by atoms with van der Waals surface area (Å²) in [7, 11) is 0. The molecule has 0 bridgehead atoms. The van der Waals surface area contributed by atoms with Crippen LogP contribution in [0, 0.1) is 12.3 Å². The van der Waals surface area contributed by atoms with E-state index in [2.05, 4.69) is 5.32 Å². The van der Waals surface area contributed by atoms with E-state index < -0.39 is 0 Å². The second kappa shape index (κ2) is 6.04. The van der Waals surface area contributed by atoms with E-state index >= 15 is 0 Å². The first-order valence-corrected chi connectivity index (χ1v) is 7.44. The number of amides is 1. The van der Waals surface area contributed by atoms with Crippen molar-refractivity contribution in [2.24, 2.45) is 5.73 Å². The highest BCUT2D eigenvalue weighted by Crippen LogP contribution is 2.26. The zero-order chi connectivity index (χ0) is 17.3. The standard InChI is InChI=1S/C19H17N3O2/c1-11-14(5-3-7-17(11)23)19(24)22-16-6-2-4-12-8-9-13(18(20)21)10-15(12)16/h2-10,23H,1H3,(H3,20,21)(H,22,24). The normalized spacial score (nSPS) is 10.5. The van der Waals surface area contributed by atoms with Gasteiger partial charge in [-0.1, -0.05) is 30.3 Å². The lowest BCUT2D eigenvalue weighted by Crippen LogP contribution is -2.14. The van der Waals surface area contributed by atoms with Crippen molar-refractivity contribution in [2.75, 3.05) is 5.32 Å². The van der Waals surface area contributed by atoms with Gasteiger partial charge in [0.05, 0.1) is 0 Å². The van der Waals surface area contributed by atoms with Crippen molar-refractivity contribution in [3.8, 4) is 5.75 Å². The minimum atomic E-state index is -0.302. The van der Waals surface area contributed by atoms with Crippen LogP contribution in [0.5, 0.6) is 5.75 Å². The second-order valence-corrected chi connectivity index (χ2v) is 5.56.